The number of rotatable bonds is 4. The van der Waals surface area contributed by atoms with Crippen LogP contribution in [0.2, 0.25) is 0 Å². The largest absolute Gasteiger partial charge is 0.481 e. The summed E-state index contributed by atoms with van der Waals surface area (Å²) in [6.45, 7) is 3.57. The van der Waals surface area contributed by atoms with E-state index in [1.54, 1.807) is 26.0 Å². The first-order valence-corrected chi connectivity index (χ1v) is 6.98. The number of hydrogen-bond acceptors (Lipinski definition) is 3. The summed E-state index contributed by atoms with van der Waals surface area (Å²) < 4.78 is 5.60. The van der Waals surface area contributed by atoms with Crippen molar-refractivity contribution in [2.45, 2.75) is 32.2 Å². The highest BCUT2D eigenvalue weighted by Gasteiger charge is 2.09. The maximum Gasteiger partial charge on any atom is 0.170 e. The number of ether oxygens (including phenoxy) is 1. The Bertz CT molecular complexity index is 643. The Hall–Kier alpha value is -2.46. The molecule has 2 rings (SSSR count). The molecule has 0 aliphatic carbocycles. The first kappa shape index (κ1) is 15.9. The van der Waals surface area contributed by atoms with Crippen LogP contribution in [-0.2, 0) is 6.61 Å². The molecular formula is C19H18O3. The van der Waals surface area contributed by atoms with Crippen molar-refractivity contribution in [3.63, 3.8) is 0 Å². The van der Waals surface area contributed by atoms with E-state index in [4.69, 9.17) is 4.74 Å². The second kappa shape index (κ2) is 7.00. The van der Waals surface area contributed by atoms with Crippen molar-refractivity contribution in [3.8, 4) is 17.6 Å². The maximum atomic E-state index is 9.91. The zero-order valence-corrected chi connectivity index (χ0v) is 12.6. The summed E-state index contributed by atoms with van der Waals surface area (Å²) in [7, 11) is 0. The molecule has 0 bridgehead atoms. The lowest BCUT2D eigenvalue weighted by atomic mass is 10.1. The molecule has 2 N–H and O–H groups in total. The van der Waals surface area contributed by atoms with Crippen LogP contribution in [0.15, 0.2) is 42.5 Å². The fourth-order valence-electron chi connectivity index (χ4n) is 1.68. The number of aliphatic hydroxyl groups excluding tert-OH is 1. The molecule has 2 aromatic rings. The van der Waals surface area contributed by atoms with Gasteiger partial charge in [0.05, 0.1) is 0 Å². The average Bonchev–Trinajstić information content (AvgIpc) is 2.51. The lowest BCUT2D eigenvalue weighted by Gasteiger charge is -2.08. The van der Waals surface area contributed by atoms with Crippen molar-refractivity contribution < 1.29 is 14.9 Å². The topological polar surface area (TPSA) is 49.7 Å². The molecule has 22 heavy (non-hydrogen) atoms. The third kappa shape index (κ3) is 5.14. The molecule has 2 aromatic carbocycles. The number of aliphatic hydroxyl groups is 2. The second-order valence-electron chi connectivity index (χ2n) is 5.41. The Kier molecular flexibility index (Phi) is 5.07. The Morgan fingerprint density at radius 2 is 1.86 bits per heavy atom. The Balaban J connectivity index is 1.96. The molecule has 0 spiro atoms. The van der Waals surface area contributed by atoms with E-state index in [-0.39, 0.29) is 0 Å². The minimum Gasteiger partial charge on any atom is -0.481 e. The first-order chi connectivity index (χ1) is 10.4. The van der Waals surface area contributed by atoms with Gasteiger partial charge in [-0.05, 0) is 37.6 Å². The van der Waals surface area contributed by atoms with E-state index >= 15 is 0 Å². The third-order valence-corrected chi connectivity index (χ3v) is 2.79. The molecule has 0 aromatic heterocycles. The van der Waals surface area contributed by atoms with Gasteiger partial charge in [0, 0.05) is 5.56 Å². The summed E-state index contributed by atoms with van der Waals surface area (Å²) in [5.74, 6) is 5.70. The van der Waals surface area contributed by atoms with E-state index in [0.717, 1.165) is 5.56 Å². The van der Waals surface area contributed by atoms with E-state index in [1.165, 1.54) is 0 Å². The fourth-order valence-corrected chi connectivity index (χ4v) is 1.68. The van der Waals surface area contributed by atoms with Gasteiger partial charge in [0.15, 0.2) is 5.75 Å². The summed E-state index contributed by atoms with van der Waals surface area (Å²) in [5, 5.41) is 19.4. The van der Waals surface area contributed by atoms with Crippen molar-refractivity contribution in [1.82, 2.24) is 0 Å². The second-order valence-corrected chi connectivity index (χ2v) is 5.41. The summed E-state index contributed by atoms with van der Waals surface area (Å²) in [5.41, 5.74) is 0.420. The van der Waals surface area contributed by atoms with Crippen LogP contribution in [0.1, 0.15) is 31.1 Å². The highest BCUT2D eigenvalue weighted by Crippen LogP contribution is 2.14. The van der Waals surface area contributed by atoms with Crippen molar-refractivity contribution in [1.29, 1.82) is 0 Å². The van der Waals surface area contributed by atoms with Gasteiger partial charge in [-0.15, -0.1) is 0 Å². The van der Waals surface area contributed by atoms with Crippen LogP contribution in [0.25, 0.3) is 0 Å². The summed E-state index contributed by atoms with van der Waals surface area (Å²) >= 11 is 0. The van der Waals surface area contributed by atoms with Gasteiger partial charge >= 0.3 is 0 Å². The monoisotopic (exact) mass is 294 g/mol. The molecule has 3 heteroatoms. The predicted octanol–water partition coefficient (Wildman–Crippen LogP) is 2.67. The summed E-state index contributed by atoms with van der Waals surface area (Å²) in [6, 6.07) is 18.9. The molecule has 0 saturated carbocycles. The normalized spacial score (nSPS) is 11.8. The molecule has 0 saturated heterocycles. The van der Waals surface area contributed by atoms with Crippen LogP contribution in [0.3, 0.4) is 0 Å². The van der Waals surface area contributed by atoms with Crippen LogP contribution >= 0.6 is 0 Å². The van der Waals surface area contributed by atoms with Gasteiger partial charge in [-0.3, -0.25) is 0 Å². The highest BCUT2D eigenvalue weighted by atomic mass is 16.5. The van der Waals surface area contributed by atoms with Crippen LogP contribution in [0.5, 0.6) is 5.75 Å². The maximum absolute atomic E-state index is 9.91. The van der Waals surface area contributed by atoms with Gasteiger partial charge in [-0.1, -0.05) is 48.2 Å². The van der Waals surface area contributed by atoms with Gasteiger partial charge in [0.1, 0.15) is 18.3 Å². The first-order valence-electron chi connectivity index (χ1n) is 6.98. The average molecular weight is 294 g/mol. The molecule has 0 aliphatic heterocycles. The van der Waals surface area contributed by atoms with E-state index in [9.17, 15) is 10.2 Å². The number of benzene rings is 1. The standard InChI is InChI=1S/C19H18O3/c1-19(2,21)13-12-18(20)16-8-10-17(11-9-16)22-14-15-6-4-3-5-7-15/h3-8,10,18,20-21H,14H2,1-2H3. The van der Waals surface area contributed by atoms with Crippen molar-refractivity contribution in [2.75, 3.05) is 0 Å². The molecule has 1 unspecified atom stereocenters. The summed E-state index contributed by atoms with van der Waals surface area (Å²) in [4.78, 5) is 0. The molecule has 112 valence electrons. The molecule has 1 atom stereocenters. The van der Waals surface area contributed by atoms with E-state index in [2.05, 4.69) is 24.0 Å². The van der Waals surface area contributed by atoms with Crippen LogP contribution < -0.4 is 4.74 Å². The zero-order chi connectivity index (χ0) is 16.0. The highest BCUT2D eigenvalue weighted by molar-refractivity contribution is 5.27. The minimum atomic E-state index is -1.14. The molecule has 3 nitrogen and oxygen atoms in total. The Labute approximate surface area is 131 Å². The van der Waals surface area contributed by atoms with E-state index < -0.39 is 11.7 Å². The predicted molar refractivity (Wildman–Crippen MR) is 83.9 cm³/mol. The quantitative estimate of drug-likeness (QED) is 0.852. The molecule has 0 fully saturated rings. The van der Waals surface area contributed by atoms with Gasteiger partial charge in [-0.25, -0.2) is 0 Å². The number of hydrogen-bond donors (Lipinski definition) is 2. The molecule has 0 radical (unpaired) electrons. The lowest BCUT2D eigenvalue weighted by Crippen LogP contribution is -2.15. The smallest absolute Gasteiger partial charge is 0.170 e. The van der Waals surface area contributed by atoms with E-state index in [1.807, 2.05) is 30.3 Å². The zero-order valence-electron chi connectivity index (χ0n) is 12.6. The molecule has 0 amide bonds. The minimum absolute atomic E-state index is 0.450. The third-order valence-electron chi connectivity index (χ3n) is 2.79. The lowest BCUT2D eigenvalue weighted by molar-refractivity contribution is 0.142. The van der Waals surface area contributed by atoms with Crippen molar-refractivity contribution >= 4 is 0 Å². The van der Waals surface area contributed by atoms with Crippen molar-refractivity contribution in [2.24, 2.45) is 0 Å². The Morgan fingerprint density at radius 1 is 1.14 bits per heavy atom. The molecule has 0 heterocycles. The summed E-state index contributed by atoms with van der Waals surface area (Å²) in [6.07, 6.45) is -1.01. The SMILES string of the molecule is CC(C)(O)C#CC(O)c1c#cc(OCc2ccccc2)cc1. The van der Waals surface area contributed by atoms with Crippen LogP contribution in [0, 0.1) is 24.0 Å². The molecule has 0 aliphatic rings. The van der Waals surface area contributed by atoms with Gasteiger partial charge < -0.3 is 14.9 Å². The molecular weight excluding hydrogens is 276 g/mol. The van der Waals surface area contributed by atoms with Gasteiger partial charge in [-0.2, -0.15) is 0 Å². The van der Waals surface area contributed by atoms with Crippen molar-refractivity contribution in [3.05, 3.63) is 65.7 Å². The Morgan fingerprint density at radius 3 is 2.45 bits per heavy atom. The van der Waals surface area contributed by atoms with Crippen LogP contribution in [-0.4, -0.2) is 15.8 Å². The van der Waals surface area contributed by atoms with Gasteiger partial charge in [0.2, 0.25) is 0 Å². The van der Waals surface area contributed by atoms with Gasteiger partial charge in [0.25, 0.3) is 0 Å². The fraction of sp³-hybridized carbons (Fsp3) is 0.263. The van der Waals surface area contributed by atoms with Crippen LogP contribution in [0.4, 0.5) is 0 Å². The van der Waals surface area contributed by atoms with E-state index in [0.29, 0.717) is 17.9 Å².